The number of nitrogens with zero attached hydrogens (tertiary/aromatic N) is 2. The number of anilines is 1. The molecule has 2 aromatic carbocycles. The molecule has 2 fully saturated rings. The number of fused-ring (bicyclic) bond motifs is 1. The lowest BCUT2D eigenvalue weighted by Crippen LogP contribution is -2.59. The highest BCUT2D eigenvalue weighted by Gasteiger charge is 2.39. The fraction of sp³-hybridized carbons (Fsp3) is 0.400. The topological polar surface area (TPSA) is 40.6 Å². The largest absolute Gasteiger partial charge is 0.329 e. The summed E-state index contributed by atoms with van der Waals surface area (Å²) in [6.07, 6.45) is 3.08. The molecule has 1 aliphatic carbocycles. The van der Waals surface area contributed by atoms with E-state index in [1.165, 1.54) is 0 Å². The standard InChI is InChI=1S/C20H22N2O2/c1-14-19(23)22(13-12-21(14)20(24)16-8-4-9-16)18-11-5-7-15-6-2-3-10-17(15)18/h2-3,5-7,10-11,14,16H,4,8-9,12-13H2,1H3/t14-/m1/s1. The van der Waals surface area contributed by atoms with E-state index < -0.39 is 0 Å². The molecule has 0 aromatic heterocycles. The number of piperazine rings is 1. The Balaban J connectivity index is 1.62. The molecular weight excluding hydrogens is 300 g/mol. The molecule has 0 unspecified atom stereocenters. The number of carbonyl (C=O) groups is 2. The van der Waals surface area contributed by atoms with Crippen LogP contribution < -0.4 is 4.90 Å². The fourth-order valence-electron chi connectivity index (χ4n) is 3.74. The number of amides is 2. The van der Waals surface area contributed by atoms with Gasteiger partial charge in [-0.15, -0.1) is 0 Å². The van der Waals surface area contributed by atoms with Gasteiger partial charge in [-0.1, -0.05) is 42.8 Å². The van der Waals surface area contributed by atoms with E-state index in [-0.39, 0.29) is 23.8 Å². The second kappa shape index (κ2) is 5.93. The van der Waals surface area contributed by atoms with Gasteiger partial charge in [-0.05, 0) is 31.2 Å². The van der Waals surface area contributed by atoms with E-state index in [1.54, 1.807) is 4.90 Å². The van der Waals surface area contributed by atoms with Gasteiger partial charge in [0.15, 0.2) is 0 Å². The van der Waals surface area contributed by atoms with Crippen molar-refractivity contribution in [1.82, 2.24) is 4.90 Å². The van der Waals surface area contributed by atoms with Crippen molar-refractivity contribution < 1.29 is 9.59 Å². The first-order valence-electron chi connectivity index (χ1n) is 8.76. The maximum absolute atomic E-state index is 12.9. The Morgan fingerprint density at radius 2 is 1.79 bits per heavy atom. The molecule has 1 atom stereocenters. The Labute approximate surface area is 142 Å². The molecule has 0 spiro atoms. The van der Waals surface area contributed by atoms with Crippen LogP contribution in [0, 0.1) is 5.92 Å². The number of hydrogen-bond donors (Lipinski definition) is 0. The lowest BCUT2D eigenvalue weighted by molar-refractivity contribution is -0.146. The number of benzene rings is 2. The highest BCUT2D eigenvalue weighted by molar-refractivity contribution is 6.07. The van der Waals surface area contributed by atoms with E-state index in [0.29, 0.717) is 13.1 Å². The van der Waals surface area contributed by atoms with Crippen LogP contribution in [-0.2, 0) is 9.59 Å². The van der Waals surface area contributed by atoms with Gasteiger partial charge in [0.25, 0.3) is 0 Å². The van der Waals surface area contributed by atoms with Gasteiger partial charge in [-0.25, -0.2) is 0 Å². The van der Waals surface area contributed by atoms with Gasteiger partial charge in [0.2, 0.25) is 11.8 Å². The van der Waals surface area contributed by atoms with E-state index in [0.717, 1.165) is 35.7 Å². The van der Waals surface area contributed by atoms with E-state index in [4.69, 9.17) is 0 Å². The van der Waals surface area contributed by atoms with E-state index in [9.17, 15) is 9.59 Å². The maximum atomic E-state index is 12.9. The molecule has 4 heteroatoms. The lowest BCUT2D eigenvalue weighted by Gasteiger charge is -2.42. The summed E-state index contributed by atoms with van der Waals surface area (Å²) in [5, 5.41) is 2.21. The van der Waals surface area contributed by atoms with Gasteiger partial charge in [-0.3, -0.25) is 9.59 Å². The first-order chi connectivity index (χ1) is 11.7. The molecule has 1 saturated carbocycles. The van der Waals surface area contributed by atoms with Crippen LogP contribution in [0.5, 0.6) is 0 Å². The van der Waals surface area contributed by atoms with Crippen LogP contribution >= 0.6 is 0 Å². The minimum Gasteiger partial charge on any atom is -0.329 e. The molecule has 1 aliphatic heterocycles. The zero-order valence-electron chi connectivity index (χ0n) is 13.9. The Kier molecular flexibility index (Phi) is 3.75. The minimum atomic E-state index is -0.384. The Morgan fingerprint density at radius 3 is 2.54 bits per heavy atom. The Hall–Kier alpha value is -2.36. The zero-order chi connectivity index (χ0) is 16.7. The molecule has 2 aromatic rings. The van der Waals surface area contributed by atoms with E-state index in [1.807, 2.05) is 36.1 Å². The minimum absolute atomic E-state index is 0.0188. The Bertz CT molecular complexity index is 792. The second-order valence-corrected chi connectivity index (χ2v) is 6.82. The van der Waals surface area contributed by atoms with Crippen LogP contribution in [0.15, 0.2) is 42.5 Å². The fourth-order valence-corrected chi connectivity index (χ4v) is 3.74. The van der Waals surface area contributed by atoms with Crippen molar-refractivity contribution in [2.75, 3.05) is 18.0 Å². The van der Waals surface area contributed by atoms with Gasteiger partial charge in [-0.2, -0.15) is 0 Å². The van der Waals surface area contributed by atoms with Gasteiger partial charge >= 0.3 is 0 Å². The smallest absolute Gasteiger partial charge is 0.249 e. The van der Waals surface area contributed by atoms with Crippen molar-refractivity contribution in [2.24, 2.45) is 5.92 Å². The monoisotopic (exact) mass is 322 g/mol. The van der Waals surface area contributed by atoms with Crippen LogP contribution in [0.2, 0.25) is 0 Å². The summed E-state index contributed by atoms with van der Waals surface area (Å²) in [5.74, 6) is 0.328. The molecular formula is C20H22N2O2. The van der Waals surface area contributed by atoms with E-state index >= 15 is 0 Å². The third kappa shape index (κ3) is 2.37. The Morgan fingerprint density at radius 1 is 1.04 bits per heavy atom. The summed E-state index contributed by atoms with van der Waals surface area (Å²) < 4.78 is 0. The molecule has 24 heavy (non-hydrogen) atoms. The molecule has 2 aliphatic rings. The van der Waals surface area contributed by atoms with E-state index in [2.05, 4.69) is 18.2 Å². The highest BCUT2D eigenvalue weighted by Crippen LogP contribution is 2.32. The van der Waals surface area contributed by atoms with Crippen molar-refractivity contribution >= 4 is 28.3 Å². The third-order valence-corrected chi connectivity index (χ3v) is 5.45. The average molecular weight is 322 g/mol. The van der Waals surface area contributed by atoms with Crippen LogP contribution in [0.1, 0.15) is 26.2 Å². The lowest BCUT2D eigenvalue weighted by atomic mass is 9.84. The zero-order valence-corrected chi connectivity index (χ0v) is 13.9. The van der Waals surface area contributed by atoms with Crippen LogP contribution in [0.3, 0.4) is 0 Å². The normalized spacial score (nSPS) is 21.9. The summed E-state index contributed by atoms with van der Waals surface area (Å²) in [6, 6.07) is 13.8. The molecule has 0 bridgehead atoms. The summed E-state index contributed by atoms with van der Waals surface area (Å²) >= 11 is 0. The average Bonchev–Trinajstić information content (AvgIpc) is 2.55. The quantitative estimate of drug-likeness (QED) is 0.852. The summed E-state index contributed by atoms with van der Waals surface area (Å²) in [4.78, 5) is 29.1. The predicted molar refractivity (Wildman–Crippen MR) is 94.8 cm³/mol. The van der Waals surface area contributed by atoms with Crippen molar-refractivity contribution in [3.05, 3.63) is 42.5 Å². The summed E-state index contributed by atoms with van der Waals surface area (Å²) in [5.41, 5.74) is 0.945. The summed E-state index contributed by atoms with van der Waals surface area (Å²) in [6.45, 7) is 3.04. The molecule has 124 valence electrons. The van der Waals surface area contributed by atoms with Gasteiger partial charge < -0.3 is 9.80 Å². The van der Waals surface area contributed by atoms with Crippen LogP contribution in [-0.4, -0.2) is 35.8 Å². The highest BCUT2D eigenvalue weighted by atomic mass is 16.2. The van der Waals surface area contributed by atoms with Crippen molar-refractivity contribution in [3.63, 3.8) is 0 Å². The van der Waals surface area contributed by atoms with Gasteiger partial charge in [0.05, 0.1) is 5.69 Å². The maximum Gasteiger partial charge on any atom is 0.249 e. The van der Waals surface area contributed by atoms with Crippen molar-refractivity contribution in [2.45, 2.75) is 32.2 Å². The molecule has 4 rings (SSSR count). The molecule has 1 saturated heterocycles. The molecule has 1 heterocycles. The second-order valence-electron chi connectivity index (χ2n) is 6.82. The van der Waals surface area contributed by atoms with Crippen molar-refractivity contribution in [3.8, 4) is 0 Å². The third-order valence-electron chi connectivity index (χ3n) is 5.45. The molecule has 0 radical (unpaired) electrons. The molecule has 0 N–H and O–H groups in total. The van der Waals surface area contributed by atoms with Crippen molar-refractivity contribution in [1.29, 1.82) is 0 Å². The molecule has 2 amide bonds. The van der Waals surface area contributed by atoms with Gasteiger partial charge in [0, 0.05) is 24.4 Å². The summed E-state index contributed by atoms with van der Waals surface area (Å²) in [7, 11) is 0. The van der Waals surface area contributed by atoms with Crippen LogP contribution in [0.25, 0.3) is 10.8 Å². The van der Waals surface area contributed by atoms with Gasteiger partial charge in [0.1, 0.15) is 6.04 Å². The number of carbonyl (C=O) groups excluding carboxylic acids is 2. The molecule has 4 nitrogen and oxygen atoms in total. The van der Waals surface area contributed by atoms with Crippen LogP contribution in [0.4, 0.5) is 5.69 Å². The first-order valence-corrected chi connectivity index (χ1v) is 8.76. The number of rotatable bonds is 2. The SMILES string of the molecule is C[C@@H]1C(=O)N(c2cccc3ccccc23)CCN1C(=O)C1CCC1. The first kappa shape index (κ1) is 15.2. The number of hydrogen-bond acceptors (Lipinski definition) is 2. The predicted octanol–water partition coefficient (Wildman–Crippen LogP) is 3.20.